The Labute approximate surface area is 106 Å². The molecule has 0 aromatic heterocycles. The van der Waals surface area contributed by atoms with E-state index in [2.05, 4.69) is 21.2 Å². The number of nitrogens with zero attached hydrogens (tertiary/aromatic N) is 1. The van der Waals surface area contributed by atoms with Crippen LogP contribution in [-0.2, 0) is 0 Å². The fourth-order valence-corrected chi connectivity index (χ4v) is 2.35. The molecular weight excluding hydrogens is 297 g/mol. The van der Waals surface area contributed by atoms with E-state index >= 15 is 0 Å². The third kappa shape index (κ3) is 2.93. The lowest BCUT2D eigenvalue weighted by Crippen LogP contribution is -2.58. The van der Waals surface area contributed by atoms with Gasteiger partial charge in [-0.3, -0.25) is 0 Å². The molecule has 0 bridgehead atoms. The Morgan fingerprint density at radius 2 is 2.12 bits per heavy atom. The van der Waals surface area contributed by atoms with Crippen molar-refractivity contribution >= 4 is 21.6 Å². The zero-order valence-corrected chi connectivity index (χ0v) is 10.6. The quantitative estimate of drug-likeness (QED) is 0.858. The van der Waals surface area contributed by atoms with E-state index in [0.717, 1.165) is 4.47 Å². The second-order valence-electron chi connectivity index (χ2n) is 3.93. The van der Waals surface area contributed by atoms with Crippen LogP contribution in [0, 0.1) is 0 Å². The first-order chi connectivity index (χ1) is 7.98. The van der Waals surface area contributed by atoms with Crippen molar-refractivity contribution in [1.29, 1.82) is 0 Å². The lowest BCUT2D eigenvalue weighted by molar-refractivity contribution is -0.149. The first kappa shape index (κ1) is 12.7. The Morgan fingerprint density at radius 1 is 1.35 bits per heavy atom. The van der Waals surface area contributed by atoms with E-state index in [1.165, 1.54) is 4.90 Å². The molecule has 0 spiro atoms. The molecule has 1 aliphatic rings. The average Bonchev–Trinajstić information content (AvgIpc) is 2.28. The summed E-state index contributed by atoms with van der Waals surface area (Å²) in [6.07, 6.45) is -4.21. The SMILES string of the molecule is FC(F)(F)C1CNCCN1c1cccc(Br)c1. The van der Waals surface area contributed by atoms with Crippen LogP contribution in [0.1, 0.15) is 0 Å². The van der Waals surface area contributed by atoms with E-state index < -0.39 is 12.2 Å². The summed E-state index contributed by atoms with van der Waals surface area (Å²) in [7, 11) is 0. The van der Waals surface area contributed by atoms with Gasteiger partial charge in [-0.05, 0) is 18.2 Å². The van der Waals surface area contributed by atoms with Crippen molar-refractivity contribution in [1.82, 2.24) is 5.32 Å². The molecule has 1 unspecified atom stereocenters. The summed E-state index contributed by atoms with van der Waals surface area (Å²) < 4.78 is 39.4. The molecule has 1 atom stereocenters. The summed E-state index contributed by atoms with van der Waals surface area (Å²) in [4.78, 5) is 1.40. The van der Waals surface area contributed by atoms with Crippen molar-refractivity contribution in [3.8, 4) is 0 Å². The summed E-state index contributed by atoms with van der Waals surface area (Å²) in [6, 6.07) is 5.51. The van der Waals surface area contributed by atoms with Crippen molar-refractivity contribution in [2.45, 2.75) is 12.2 Å². The summed E-state index contributed by atoms with van der Waals surface area (Å²) in [5.41, 5.74) is 0.600. The van der Waals surface area contributed by atoms with Gasteiger partial charge in [0.05, 0.1) is 0 Å². The maximum atomic E-state index is 12.9. The topological polar surface area (TPSA) is 15.3 Å². The van der Waals surface area contributed by atoms with Gasteiger partial charge in [0.2, 0.25) is 0 Å². The van der Waals surface area contributed by atoms with E-state index in [4.69, 9.17) is 0 Å². The number of nitrogens with one attached hydrogen (secondary N) is 1. The Balaban J connectivity index is 2.28. The highest BCUT2D eigenvalue weighted by Gasteiger charge is 2.44. The van der Waals surface area contributed by atoms with Crippen LogP contribution in [0.2, 0.25) is 0 Å². The molecule has 1 aromatic rings. The van der Waals surface area contributed by atoms with E-state index in [9.17, 15) is 13.2 Å². The van der Waals surface area contributed by atoms with Crippen LogP contribution in [0.25, 0.3) is 0 Å². The monoisotopic (exact) mass is 308 g/mol. The molecule has 2 nitrogen and oxygen atoms in total. The average molecular weight is 309 g/mol. The smallest absolute Gasteiger partial charge is 0.357 e. The maximum Gasteiger partial charge on any atom is 0.409 e. The molecule has 1 saturated heterocycles. The summed E-state index contributed by atoms with van der Waals surface area (Å²) >= 11 is 3.28. The zero-order valence-electron chi connectivity index (χ0n) is 8.97. The molecule has 1 aromatic carbocycles. The molecule has 94 valence electrons. The number of halogens is 4. The number of hydrogen-bond acceptors (Lipinski definition) is 2. The number of benzene rings is 1. The number of rotatable bonds is 1. The molecule has 0 radical (unpaired) electrons. The first-order valence-electron chi connectivity index (χ1n) is 5.28. The fraction of sp³-hybridized carbons (Fsp3) is 0.455. The minimum absolute atomic E-state index is 0.0595. The number of anilines is 1. The number of hydrogen-bond donors (Lipinski definition) is 1. The van der Waals surface area contributed by atoms with Gasteiger partial charge in [-0.25, -0.2) is 0 Å². The predicted octanol–water partition coefficient (Wildman–Crippen LogP) is 2.79. The number of alkyl halides is 3. The largest absolute Gasteiger partial charge is 0.409 e. The molecule has 17 heavy (non-hydrogen) atoms. The van der Waals surface area contributed by atoms with E-state index in [0.29, 0.717) is 18.8 Å². The van der Waals surface area contributed by atoms with Crippen molar-refractivity contribution < 1.29 is 13.2 Å². The van der Waals surface area contributed by atoms with Gasteiger partial charge in [0, 0.05) is 29.8 Å². The van der Waals surface area contributed by atoms with Crippen molar-refractivity contribution in [3.05, 3.63) is 28.7 Å². The van der Waals surface area contributed by atoms with Gasteiger partial charge in [0.25, 0.3) is 0 Å². The Morgan fingerprint density at radius 3 is 2.76 bits per heavy atom. The van der Waals surface area contributed by atoms with Gasteiger partial charge in [-0.1, -0.05) is 22.0 Å². The van der Waals surface area contributed by atoms with Gasteiger partial charge in [-0.15, -0.1) is 0 Å². The van der Waals surface area contributed by atoms with Gasteiger partial charge in [0.1, 0.15) is 6.04 Å². The van der Waals surface area contributed by atoms with Crippen LogP contribution in [0.15, 0.2) is 28.7 Å². The fourth-order valence-electron chi connectivity index (χ4n) is 1.96. The summed E-state index contributed by atoms with van der Waals surface area (Å²) in [5.74, 6) is 0. The molecule has 6 heteroatoms. The van der Waals surface area contributed by atoms with Gasteiger partial charge in [-0.2, -0.15) is 13.2 Å². The van der Waals surface area contributed by atoms with Crippen LogP contribution < -0.4 is 10.2 Å². The van der Waals surface area contributed by atoms with Gasteiger partial charge in [0.15, 0.2) is 0 Å². The van der Waals surface area contributed by atoms with Crippen molar-refractivity contribution in [2.75, 3.05) is 24.5 Å². The van der Waals surface area contributed by atoms with E-state index in [-0.39, 0.29) is 6.54 Å². The predicted molar refractivity (Wildman–Crippen MR) is 64.2 cm³/mol. The third-order valence-corrected chi connectivity index (χ3v) is 3.25. The summed E-state index contributed by atoms with van der Waals surface area (Å²) in [6.45, 7) is 0.871. The van der Waals surface area contributed by atoms with E-state index in [1.54, 1.807) is 24.3 Å². The van der Waals surface area contributed by atoms with Crippen LogP contribution >= 0.6 is 15.9 Å². The van der Waals surface area contributed by atoms with Gasteiger partial charge < -0.3 is 10.2 Å². The Kier molecular flexibility index (Phi) is 3.63. The van der Waals surface area contributed by atoms with Crippen LogP contribution in [-0.4, -0.2) is 31.9 Å². The summed E-state index contributed by atoms with van der Waals surface area (Å²) in [5, 5.41) is 2.78. The molecule has 0 aliphatic carbocycles. The lowest BCUT2D eigenvalue weighted by Gasteiger charge is -2.38. The highest BCUT2D eigenvalue weighted by Crippen LogP contribution is 2.30. The highest BCUT2D eigenvalue weighted by molar-refractivity contribution is 9.10. The second-order valence-corrected chi connectivity index (χ2v) is 4.85. The second kappa shape index (κ2) is 4.86. The molecule has 0 amide bonds. The molecule has 1 aliphatic heterocycles. The lowest BCUT2D eigenvalue weighted by atomic mass is 10.1. The highest BCUT2D eigenvalue weighted by atomic mass is 79.9. The molecule has 2 rings (SSSR count). The molecule has 1 fully saturated rings. The maximum absolute atomic E-state index is 12.9. The Hall–Kier alpha value is -0.750. The third-order valence-electron chi connectivity index (χ3n) is 2.76. The normalized spacial score (nSPS) is 21.6. The Bertz CT molecular complexity index is 395. The van der Waals surface area contributed by atoms with Crippen LogP contribution in [0.3, 0.4) is 0 Å². The standard InChI is InChI=1S/C11H12BrF3N2/c12-8-2-1-3-9(6-8)17-5-4-16-7-10(17)11(13,14)15/h1-3,6,10,16H,4-5,7H2. The zero-order chi connectivity index (χ0) is 12.5. The van der Waals surface area contributed by atoms with Crippen molar-refractivity contribution in [3.63, 3.8) is 0 Å². The molecule has 1 N–H and O–H groups in total. The molecule has 0 saturated carbocycles. The van der Waals surface area contributed by atoms with Gasteiger partial charge >= 0.3 is 6.18 Å². The molecular formula is C11H12BrF3N2. The molecule has 1 heterocycles. The minimum Gasteiger partial charge on any atom is -0.357 e. The van der Waals surface area contributed by atoms with Crippen molar-refractivity contribution in [2.24, 2.45) is 0 Å². The minimum atomic E-state index is -4.21. The number of piperazine rings is 1. The van der Waals surface area contributed by atoms with Crippen LogP contribution in [0.5, 0.6) is 0 Å². The van der Waals surface area contributed by atoms with E-state index in [1.807, 2.05) is 0 Å². The first-order valence-corrected chi connectivity index (χ1v) is 6.07. The van der Waals surface area contributed by atoms with Crippen LogP contribution in [0.4, 0.5) is 18.9 Å².